The summed E-state index contributed by atoms with van der Waals surface area (Å²) in [6, 6.07) is 14.4. The monoisotopic (exact) mass is 418 g/mol. The van der Waals surface area contributed by atoms with Crippen molar-refractivity contribution < 1.29 is 14.9 Å². The molecule has 0 fully saturated rings. The lowest BCUT2D eigenvalue weighted by Gasteiger charge is -2.21. The van der Waals surface area contributed by atoms with Crippen molar-refractivity contribution in [3.05, 3.63) is 70.0 Å². The zero-order valence-electron chi connectivity index (χ0n) is 16.5. The molecule has 1 heterocycles. The number of nitrogens with one attached hydrogen (secondary N) is 2. The van der Waals surface area contributed by atoms with Gasteiger partial charge in [0.2, 0.25) is 5.56 Å². The number of pyridine rings is 1. The number of aromatic nitrogens is 1. The van der Waals surface area contributed by atoms with E-state index in [-0.39, 0.29) is 29.8 Å². The standard InChI is InChI=1S/C22H26N2O4.ClH/c1-3-15(12-14-4-6-16(28-2)7-5-14)23-13-20(26)17-8-10-19(25)22-18(17)9-11-21(27)24-22;/h4-11,15,20,23,25-26H,3,12-13H2,1-2H3,(H,24,27);1H/t15-,20+;/m1./s1. The van der Waals surface area contributed by atoms with Gasteiger partial charge in [-0.1, -0.05) is 25.1 Å². The third-order valence-electron chi connectivity index (χ3n) is 5.00. The van der Waals surface area contributed by atoms with Crippen molar-refractivity contribution in [3.8, 4) is 11.5 Å². The molecule has 1 aromatic heterocycles. The second-order valence-electron chi connectivity index (χ2n) is 6.87. The van der Waals surface area contributed by atoms with E-state index in [2.05, 4.69) is 17.2 Å². The molecule has 3 aromatic rings. The zero-order chi connectivity index (χ0) is 20.1. The third kappa shape index (κ3) is 5.50. The van der Waals surface area contributed by atoms with Gasteiger partial charge < -0.3 is 25.3 Å². The van der Waals surface area contributed by atoms with Crippen LogP contribution >= 0.6 is 12.4 Å². The van der Waals surface area contributed by atoms with E-state index in [1.54, 1.807) is 19.2 Å². The molecular weight excluding hydrogens is 392 g/mol. The molecule has 0 aliphatic carbocycles. The normalized spacial score (nSPS) is 12.9. The number of H-pyrrole nitrogens is 1. The predicted molar refractivity (Wildman–Crippen MR) is 117 cm³/mol. The topological polar surface area (TPSA) is 94.6 Å². The highest BCUT2D eigenvalue weighted by atomic mass is 35.5. The first-order valence-corrected chi connectivity index (χ1v) is 9.41. The average molecular weight is 419 g/mol. The van der Waals surface area contributed by atoms with E-state index in [4.69, 9.17) is 4.74 Å². The van der Waals surface area contributed by atoms with Gasteiger partial charge >= 0.3 is 0 Å². The summed E-state index contributed by atoms with van der Waals surface area (Å²) in [6.45, 7) is 2.47. The highest BCUT2D eigenvalue weighted by molar-refractivity contribution is 5.87. The molecule has 0 unspecified atom stereocenters. The van der Waals surface area contributed by atoms with Crippen LogP contribution in [0.1, 0.15) is 30.6 Å². The van der Waals surface area contributed by atoms with Crippen molar-refractivity contribution in [3.63, 3.8) is 0 Å². The van der Waals surface area contributed by atoms with Gasteiger partial charge in [-0.3, -0.25) is 4.79 Å². The molecule has 2 aromatic carbocycles. The molecule has 0 amide bonds. The van der Waals surface area contributed by atoms with Crippen LogP contribution < -0.4 is 15.6 Å². The van der Waals surface area contributed by atoms with Crippen LogP contribution in [0.3, 0.4) is 0 Å². The minimum Gasteiger partial charge on any atom is -0.506 e. The highest BCUT2D eigenvalue weighted by Gasteiger charge is 2.16. The van der Waals surface area contributed by atoms with Crippen LogP contribution in [0.5, 0.6) is 11.5 Å². The van der Waals surface area contributed by atoms with Gasteiger partial charge in [-0.2, -0.15) is 0 Å². The van der Waals surface area contributed by atoms with Crippen molar-refractivity contribution in [2.24, 2.45) is 0 Å². The number of hydrogen-bond donors (Lipinski definition) is 4. The molecule has 0 saturated carbocycles. The van der Waals surface area contributed by atoms with Crippen LogP contribution in [0.4, 0.5) is 0 Å². The Bertz CT molecular complexity index is 988. The zero-order valence-corrected chi connectivity index (χ0v) is 17.3. The summed E-state index contributed by atoms with van der Waals surface area (Å²) >= 11 is 0. The molecule has 2 atom stereocenters. The Morgan fingerprint density at radius 3 is 2.48 bits per heavy atom. The number of phenols is 1. The van der Waals surface area contributed by atoms with Gasteiger partial charge in [-0.05, 0) is 48.2 Å². The highest BCUT2D eigenvalue weighted by Crippen LogP contribution is 2.28. The number of methoxy groups -OCH3 is 1. The quantitative estimate of drug-likeness (QED) is 0.450. The van der Waals surface area contributed by atoms with Gasteiger partial charge in [0.1, 0.15) is 11.5 Å². The summed E-state index contributed by atoms with van der Waals surface area (Å²) in [5.74, 6) is 0.819. The first kappa shape index (κ1) is 22.7. The average Bonchev–Trinajstić information content (AvgIpc) is 2.72. The van der Waals surface area contributed by atoms with Gasteiger partial charge in [-0.15, -0.1) is 12.4 Å². The molecule has 4 N–H and O–H groups in total. The molecule has 6 nitrogen and oxygen atoms in total. The summed E-state index contributed by atoms with van der Waals surface area (Å²) in [7, 11) is 1.65. The summed E-state index contributed by atoms with van der Waals surface area (Å²) in [5.41, 5.74) is 1.91. The van der Waals surface area contributed by atoms with Gasteiger partial charge in [0.25, 0.3) is 0 Å². The Kier molecular flexibility index (Phi) is 8.08. The Labute approximate surface area is 176 Å². The maximum absolute atomic E-state index is 11.5. The number of ether oxygens (including phenoxy) is 1. The number of aromatic hydroxyl groups is 1. The van der Waals surface area contributed by atoms with Gasteiger partial charge in [0.05, 0.1) is 18.7 Å². The van der Waals surface area contributed by atoms with E-state index in [1.165, 1.54) is 17.7 Å². The minimum atomic E-state index is -0.765. The van der Waals surface area contributed by atoms with Crippen LogP contribution in [-0.2, 0) is 6.42 Å². The molecule has 0 aliphatic heterocycles. The molecule has 0 saturated heterocycles. The van der Waals surface area contributed by atoms with Crippen LogP contribution in [0.15, 0.2) is 53.3 Å². The van der Waals surface area contributed by atoms with E-state index >= 15 is 0 Å². The van der Waals surface area contributed by atoms with E-state index in [9.17, 15) is 15.0 Å². The SMILES string of the molecule is CC[C@H](Cc1ccc(OC)cc1)NC[C@H](O)c1ccc(O)c2[nH]c(=O)ccc12.Cl. The minimum absolute atomic E-state index is 0. The summed E-state index contributed by atoms with van der Waals surface area (Å²) in [4.78, 5) is 14.2. The molecule has 7 heteroatoms. The predicted octanol–water partition coefficient (Wildman–Crippen LogP) is 3.31. The maximum Gasteiger partial charge on any atom is 0.248 e. The smallest absolute Gasteiger partial charge is 0.248 e. The van der Waals surface area contributed by atoms with Crippen molar-refractivity contribution in [2.45, 2.75) is 31.9 Å². The van der Waals surface area contributed by atoms with Crippen LogP contribution in [0, 0.1) is 0 Å². The number of aliphatic hydroxyl groups excluding tert-OH is 1. The molecule has 0 spiro atoms. The second-order valence-corrected chi connectivity index (χ2v) is 6.87. The van der Waals surface area contributed by atoms with Crippen LogP contribution in [-0.4, -0.2) is 34.9 Å². The summed E-state index contributed by atoms with van der Waals surface area (Å²) in [6.07, 6.45) is 0.998. The Morgan fingerprint density at radius 1 is 1.10 bits per heavy atom. The number of benzene rings is 2. The van der Waals surface area contributed by atoms with Crippen molar-refractivity contribution in [1.29, 1.82) is 0 Å². The number of rotatable bonds is 8. The molecule has 156 valence electrons. The molecule has 0 radical (unpaired) electrons. The van der Waals surface area contributed by atoms with E-state index in [1.807, 2.05) is 24.3 Å². The number of phenolic OH excluding ortho intramolecular Hbond substituents is 1. The lowest BCUT2D eigenvalue weighted by atomic mass is 10.0. The van der Waals surface area contributed by atoms with Crippen LogP contribution in [0.25, 0.3) is 10.9 Å². The number of hydrogen-bond acceptors (Lipinski definition) is 5. The lowest BCUT2D eigenvalue weighted by Crippen LogP contribution is -2.34. The third-order valence-corrected chi connectivity index (χ3v) is 5.00. The largest absolute Gasteiger partial charge is 0.506 e. The van der Waals surface area contributed by atoms with E-state index < -0.39 is 6.10 Å². The molecule has 0 aliphatic rings. The lowest BCUT2D eigenvalue weighted by molar-refractivity contribution is 0.170. The number of fused-ring (bicyclic) bond motifs is 1. The first-order chi connectivity index (χ1) is 13.5. The Hall–Kier alpha value is -2.54. The van der Waals surface area contributed by atoms with Crippen molar-refractivity contribution in [1.82, 2.24) is 10.3 Å². The van der Waals surface area contributed by atoms with Crippen LogP contribution in [0.2, 0.25) is 0 Å². The number of aromatic amines is 1. The molecule has 0 bridgehead atoms. The molecule has 29 heavy (non-hydrogen) atoms. The van der Waals surface area contributed by atoms with Gasteiger partial charge in [0.15, 0.2) is 0 Å². The Morgan fingerprint density at radius 2 is 1.83 bits per heavy atom. The Balaban J connectivity index is 0.00000300. The van der Waals surface area contributed by atoms with Crippen molar-refractivity contribution in [2.75, 3.05) is 13.7 Å². The summed E-state index contributed by atoms with van der Waals surface area (Å²) in [5, 5.41) is 24.7. The fraction of sp³-hybridized carbons (Fsp3) is 0.318. The first-order valence-electron chi connectivity index (χ1n) is 9.41. The van der Waals surface area contributed by atoms with E-state index in [0.717, 1.165) is 18.6 Å². The summed E-state index contributed by atoms with van der Waals surface area (Å²) < 4.78 is 5.19. The maximum atomic E-state index is 11.5. The van der Waals surface area contributed by atoms with E-state index in [0.29, 0.717) is 23.0 Å². The second kappa shape index (κ2) is 10.3. The number of aliphatic hydroxyl groups is 1. The molecule has 3 rings (SSSR count). The van der Waals surface area contributed by atoms with Gasteiger partial charge in [0, 0.05) is 24.0 Å². The fourth-order valence-corrected chi connectivity index (χ4v) is 3.34. The molecular formula is C22H27ClN2O4. The van der Waals surface area contributed by atoms with Crippen molar-refractivity contribution >= 4 is 23.3 Å². The van der Waals surface area contributed by atoms with Gasteiger partial charge in [-0.25, -0.2) is 0 Å². The number of halogens is 1. The fourth-order valence-electron chi connectivity index (χ4n) is 3.34.